The Labute approximate surface area is 121 Å². The van der Waals surface area contributed by atoms with Gasteiger partial charge < -0.3 is 4.90 Å². The molecule has 0 aliphatic carbocycles. The lowest BCUT2D eigenvalue weighted by atomic mass is 10.1. The molecule has 0 atom stereocenters. The van der Waals surface area contributed by atoms with Crippen LogP contribution in [0.15, 0.2) is 18.2 Å². The fraction of sp³-hybridized carbons (Fsp3) is 0.364. The van der Waals surface area contributed by atoms with Crippen LogP contribution in [-0.4, -0.2) is 49.7 Å². The third kappa shape index (κ3) is 4.17. The molecule has 0 aliphatic rings. The van der Waals surface area contributed by atoms with E-state index < -0.39 is 26.4 Å². The average Bonchev–Trinajstić information content (AvgIpc) is 2.33. The molecule has 9 heteroatoms. The van der Waals surface area contributed by atoms with E-state index in [0.717, 1.165) is 11.2 Å². The van der Waals surface area contributed by atoms with Gasteiger partial charge in [-0.3, -0.25) is 14.9 Å². The highest BCUT2D eigenvalue weighted by Gasteiger charge is 2.25. The normalized spacial score (nSPS) is 11.2. The Kier molecular flexibility index (Phi) is 5.07. The summed E-state index contributed by atoms with van der Waals surface area (Å²) in [6, 6.07) is 4.02. The van der Waals surface area contributed by atoms with Crippen molar-refractivity contribution >= 4 is 33.0 Å². The summed E-state index contributed by atoms with van der Waals surface area (Å²) in [4.78, 5) is 23.4. The number of nitro groups is 1. The first kappa shape index (κ1) is 16.4. The van der Waals surface area contributed by atoms with Crippen molar-refractivity contribution in [3.05, 3.63) is 38.9 Å². The number of sulfone groups is 1. The van der Waals surface area contributed by atoms with E-state index in [4.69, 9.17) is 11.6 Å². The van der Waals surface area contributed by atoms with E-state index in [0.29, 0.717) is 0 Å². The summed E-state index contributed by atoms with van der Waals surface area (Å²) in [5, 5.41) is 10.8. The van der Waals surface area contributed by atoms with Crippen LogP contribution in [0.2, 0.25) is 5.02 Å². The van der Waals surface area contributed by atoms with Crippen LogP contribution in [0.3, 0.4) is 0 Å². The van der Waals surface area contributed by atoms with E-state index in [1.54, 1.807) is 0 Å². The van der Waals surface area contributed by atoms with Crippen LogP contribution in [0.4, 0.5) is 5.69 Å². The van der Waals surface area contributed by atoms with Gasteiger partial charge in [-0.2, -0.15) is 0 Å². The Morgan fingerprint density at radius 1 is 1.45 bits per heavy atom. The number of carbonyl (C=O) groups is 1. The smallest absolute Gasteiger partial charge is 0.300 e. The number of halogens is 1. The van der Waals surface area contributed by atoms with Gasteiger partial charge in [-0.1, -0.05) is 17.7 Å². The average molecular weight is 321 g/mol. The van der Waals surface area contributed by atoms with E-state index in [2.05, 4.69) is 0 Å². The molecular weight excluding hydrogens is 308 g/mol. The van der Waals surface area contributed by atoms with Gasteiger partial charge in [0.15, 0.2) is 0 Å². The predicted molar refractivity (Wildman–Crippen MR) is 74.8 cm³/mol. The number of hydrogen-bond donors (Lipinski definition) is 0. The standard InChI is InChI=1S/C11H13ClN2O5S/c1-13(6-7-20(2,18)19)11(15)8-4-3-5-9(12)10(8)14(16)17/h3-5H,6-7H2,1-2H3. The first-order valence-corrected chi connectivity index (χ1v) is 7.93. The number of carbonyl (C=O) groups excluding carboxylic acids is 1. The number of para-hydroxylation sites is 1. The molecule has 0 fully saturated rings. The number of nitrogens with zero attached hydrogens (tertiary/aromatic N) is 2. The zero-order valence-electron chi connectivity index (χ0n) is 10.9. The van der Waals surface area contributed by atoms with Gasteiger partial charge in [0, 0.05) is 19.8 Å². The van der Waals surface area contributed by atoms with Crippen molar-refractivity contribution in [2.75, 3.05) is 25.6 Å². The minimum Gasteiger partial charge on any atom is -0.340 e. The molecule has 0 heterocycles. The van der Waals surface area contributed by atoms with Crippen molar-refractivity contribution in [3.8, 4) is 0 Å². The van der Waals surface area contributed by atoms with Crippen LogP contribution in [-0.2, 0) is 9.84 Å². The maximum Gasteiger partial charge on any atom is 0.300 e. The Hall–Kier alpha value is -1.67. The molecule has 0 N–H and O–H groups in total. The third-order valence-corrected chi connectivity index (χ3v) is 3.77. The molecule has 1 rings (SSSR count). The Balaban J connectivity index is 3.04. The van der Waals surface area contributed by atoms with Crippen LogP contribution in [0.25, 0.3) is 0 Å². The zero-order valence-corrected chi connectivity index (χ0v) is 12.4. The number of hydrogen-bond acceptors (Lipinski definition) is 5. The van der Waals surface area contributed by atoms with Gasteiger partial charge >= 0.3 is 5.69 Å². The molecule has 110 valence electrons. The minimum atomic E-state index is -3.22. The Bertz CT molecular complexity index is 644. The van der Waals surface area contributed by atoms with Crippen LogP contribution >= 0.6 is 11.6 Å². The van der Waals surface area contributed by atoms with Gasteiger partial charge in [-0.25, -0.2) is 8.42 Å². The van der Waals surface area contributed by atoms with Crippen LogP contribution in [0.5, 0.6) is 0 Å². The van der Waals surface area contributed by atoms with E-state index in [-0.39, 0.29) is 22.9 Å². The van der Waals surface area contributed by atoms with E-state index in [9.17, 15) is 23.3 Å². The first-order chi connectivity index (χ1) is 9.13. The fourth-order valence-electron chi connectivity index (χ4n) is 1.48. The predicted octanol–water partition coefficient (Wildman–Crippen LogP) is 1.36. The van der Waals surface area contributed by atoms with E-state index in [1.165, 1.54) is 25.2 Å². The Morgan fingerprint density at radius 2 is 2.05 bits per heavy atom. The van der Waals surface area contributed by atoms with Crippen LogP contribution in [0, 0.1) is 10.1 Å². The second-order valence-electron chi connectivity index (χ2n) is 4.25. The molecule has 0 aromatic heterocycles. The quantitative estimate of drug-likeness (QED) is 0.602. The lowest BCUT2D eigenvalue weighted by Crippen LogP contribution is -2.31. The molecule has 0 saturated carbocycles. The van der Waals surface area contributed by atoms with Gasteiger partial charge in [0.1, 0.15) is 20.4 Å². The first-order valence-electron chi connectivity index (χ1n) is 5.49. The second-order valence-corrected chi connectivity index (χ2v) is 6.92. The molecule has 20 heavy (non-hydrogen) atoms. The van der Waals surface area contributed by atoms with Crippen LogP contribution < -0.4 is 0 Å². The summed E-state index contributed by atoms with van der Waals surface area (Å²) >= 11 is 5.71. The van der Waals surface area contributed by atoms with Gasteiger partial charge in [0.25, 0.3) is 5.91 Å². The maximum atomic E-state index is 12.1. The van der Waals surface area contributed by atoms with Crippen molar-refractivity contribution in [3.63, 3.8) is 0 Å². The molecule has 1 amide bonds. The number of amides is 1. The Morgan fingerprint density at radius 3 is 2.55 bits per heavy atom. The molecule has 0 saturated heterocycles. The minimum absolute atomic E-state index is 0.0542. The van der Waals surface area contributed by atoms with Crippen molar-refractivity contribution < 1.29 is 18.1 Å². The van der Waals surface area contributed by atoms with Crippen molar-refractivity contribution in [1.29, 1.82) is 0 Å². The van der Waals surface area contributed by atoms with E-state index >= 15 is 0 Å². The molecule has 0 radical (unpaired) electrons. The molecule has 1 aromatic rings. The molecule has 0 unspecified atom stereocenters. The van der Waals surface area contributed by atoms with Crippen molar-refractivity contribution in [1.82, 2.24) is 4.90 Å². The number of rotatable bonds is 5. The largest absolute Gasteiger partial charge is 0.340 e. The molecular formula is C11H13ClN2O5S. The highest BCUT2D eigenvalue weighted by molar-refractivity contribution is 7.90. The van der Waals surface area contributed by atoms with Crippen LogP contribution in [0.1, 0.15) is 10.4 Å². The molecule has 1 aromatic carbocycles. The molecule has 0 spiro atoms. The summed E-state index contributed by atoms with van der Waals surface area (Å²) in [5.41, 5.74) is -0.649. The third-order valence-electron chi connectivity index (χ3n) is 2.54. The molecule has 7 nitrogen and oxygen atoms in total. The van der Waals surface area contributed by atoms with Gasteiger partial charge in [-0.05, 0) is 12.1 Å². The number of nitro benzene ring substituents is 1. The summed E-state index contributed by atoms with van der Waals surface area (Å²) in [5.74, 6) is -0.869. The lowest BCUT2D eigenvalue weighted by Gasteiger charge is -2.16. The molecule has 0 aliphatic heterocycles. The summed E-state index contributed by atoms with van der Waals surface area (Å²) in [7, 11) is -1.85. The zero-order chi connectivity index (χ0) is 15.5. The van der Waals surface area contributed by atoms with E-state index in [1.807, 2.05) is 0 Å². The van der Waals surface area contributed by atoms with Gasteiger partial charge in [0.2, 0.25) is 0 Å². The highest BCUT2D eigenvalue weighted by atomic mass is 35.5. The fourth-order valence-corrected chi connectivity index (χ4v) is 2.33. The number of benzene rings is 1. The van der Waals surface area contributed by atoms with Gasteiger partial charge in [-0.15, -0.1) is 0 Å². The maximum absolute atomic E-state index is 12.1. The summed E-state index contributed by atoms with van der Waals surface area (Å²) in [6.45, 7) is -0.0542. The summed E-state index contributed by atoms with van der Waals surface area (Å²) < 4.78 is 22.1. The SMILES string of the molecule is CN(CCS(C)(=O)=O)C(=O)c1cccc(Cl)c1[N+](=O)[O-]. The summed E-state index contributed by atoms with van der Waals surface area (Å²) in [6.07, 6.45) is 1.05. The van der Waals surface area contributed by atoms with Crippen molar-refractivity contribution in [2.45, 2.75) is 0 Å². The second kappa shape index (κ2) is 6.19. The highest BCUT2D eigenvalue weighted by Crippen LogP contribution is 2.28. The topological polar surface area (TPSA) is 97.6 Å². The molecule has 0 bridgehead atoms. The van der Waals surface area contributed by atoms with Crippen molar-refractivity contribution in [2.24, 2.45) is 0 Å². The lowest BCUT2D eigenvalue weighted by molar-refractivity contribution is -0.385. The van der Waals surface area contributed by atoms with Gasteiger partial charge in [0.05, 0.1) is 10.7 Å². The monoisotopic (exact) mass is 320 g/mol.